The zero-order chi connectivity index (χ0) is 25.6. The summed E-state index contributed by atoms with van der Waals surface area (Å²) in [5.74, 6) is 0.846. The predicted molar refractivity (Wildman–Crippen MR) is 138 cm³/mol. The third-order valence-electron chi connectivity index (χ3n) is 5.60. The van der Waals surface area contributed by atoms with Crippen LogP contribution in [0, 0.1) is 0 Å². The van der Waals surface area contributed by atoms with Gasteiger partial charge in [-0.2, -0.15) is 13.9 Å². The number of nitrogens with one attached hydrogen (secondary N) is 3. The van der Waals surface area contributed by atoms with Crippen LogP contribution in [0.15, 0.2) is 97.1 Å². The molecule has 0 saturated carbocycles. The fourth-order valence-corrected chi connectivity index (χ4v) is 3.82. The fourth-order valence-electron chi connectivity index (χ4n) is 3.82. The van der Waals surface area contributed by atoms with Gasteiger partial charge in [-0.25, -0.2) is 4.79 Å². The number of fused-ring (bicyclic) bond motifs is 1. The Balaban J connectivity index is 1.24. The number of nitrogens with zero attached hydrogens (tertiary/aromatic N) is 1. The Hall–Kier alpha value is -4.92. The van der Waals surface area contributed by atoms with Crippen molar-refractivity contribution in [1.29, 1.82) is 0 Å². The summed E-state index contributed by atoms with van der Waals surface area (Å²) in [6.07, 6.45) is 0. The van der Waals surface area contributed by atoms with E-state index in [9.17, 15) is 13.6 Å². The van der Waals surface area contributed by atoms with Crippen LogP contribution in [0.5, 0.6) is 11.5 Å². The van der Waals surface area contributed by atoms with Crippen molar-refractivity contribution in [3.8, 4) is 22.6 Å². The molecule has 1 heterocycles. The second kappa shape index (κ2) is 10.8. The van der Waals surface area contributed by atoms with Crippen LogP contribution in [0.3, 0.4) is 0 Å². The number of para-hydroxylation sites is 1. The van der Waals surface area contributed by atoms with E-state index >= 15 is 0 Å². The van der Waals surface area contributed by atoms with Gasteiger partial charge in [0.25, 0.3) is 0 Å². The van der Waals surface area contributed by atoms with Crippen LogP contribution in [0.2, 0.25) is 0 Å². The molecule has 0 unspecified atom stereocenters. The average molecular weight is 501 g/mol. The van der Waals surface area contributed by atoms with Gasteiger partial charge in [-0.1, -0.05) is 60.7 Å². The van der Waals surface area contributed by atoms with Gasteiger partial charge >= 0.3 is 12.6 Å². The van der Waals surface area contributed by atoms with E-state index in [1.165, 1.54) is 6.07 Å². The molecular weight excluding hydrogens is 478 g/mol. The minimum Gasteiger partial charge on any atom is -0.489 e. The quantitative estimate of drug-likeness (QED) is 0.213. The number of benzene rings is 4. The Morgan fingerprint density at radius 2 is 1.59 bits per heavy atom. The van der Waals surface area contributed by atoms with E-state index in [2.05, 4.69) is 25.6 Å². The zero-order valence-electron chi connectivity index (χ0n) is 19.4. The maximum absolute atomic E-state index is 12.7. The maximum atomic E-state index is 12.7. The lowest BCUT2D eigenvalue weighted by Crippen LogP contribution is -2.19. The molecule has 5 rings (SSSR count). The van der Waals surface area contributed by atoms with Gasteiger partial charge in [0.05, 0.1) is 5.52 Å². The van der Waals surface area contributed by atoms with E-state index in [4.69, 9.17) is 4.74 Å². The van der Waals surface area contributed by atoms with Crippen molar-refractivity contribution in [3.05, 3.63) is 103 Å². The number of hydrogen-bond acceptors (Lipinski definition) is 4. The average Bonchev–Trinajstić information content (AvgIpc) is 3.30. The Bertz CT molecular complexity index is 1510. The van der Waals surface area contributed by atoms with Crippen LogP contribution in [-0.2, 0) is 6.61 Å². The molecular formula is C28H22F2N4O3. The van der Waals surface area contributed by atoms with E-state index in [1.54, 1.807) is 36.4 Å². The Kier molecular flexibility index (Phi) is 6.93. The lowest BCUT2D eigenvalue weighted by molar-refractivity contribution is -0.0508. The molecule has 2 amide bonds. The lowest BCUT2D eigenvalue weighted by atomic mass is 10.1. The first-order valence-electron chi connectivity index (χ1n) is 11.4. The highest BCUT2D eigenvalue weighted by Gasteiger charge is 2.13. The molecule has 0 saturated heterocycles. The van der Waals surface area contributed by atoms with Gasteiger partial charge in [-0.05, 0) is 47.5 Å². The summed E-state index contributed by atoms with van der Waals surface area (Å²) < 4.78 is 35.7. The number of aromatic nitrogens is 2. The largest absolute Gasteiger partial charge is 0.489 e. The molecule has 7 nitrogen and oxygen atoms in total. The SMILES string of the molecule is O=C(Nc1ccc(-c2ccccc2)cc1)Nc1n[nH]c2ccc(OCc3ccccc3OC(F)F)cc12. The van der Waals surface area contributed by atoms with Crippen molar-refractivity contribution in [2.75, 3.05) is 10.6 Å². The molecule has 3 N–H and O–H groups in total. The topological polar surface area (TPSA) is 88.3 Å². The summed E-state index contributed by atoms with van der Waals surface area (Å²) in [5.41, 5.74) is 3.93. The molecule has 0 radical (unpaired) electrons. The first-order chi connectivity index (χ1) is 18.0. The molecule has 37 heavy (non-hydrogen) atoms. The van der Waals surface area contributed by atoms with Crippen molar-refractivity contribution >= 4 is 28.4 Å². The number of carbonyl (C=O) groups excluding carboxylic acids is 1. The van der Waals surface area contributed by atoms with E-state index in [-0.39, 0.29) is 12.4 Å². The summed E-state index contributed by atoms with van der Waals surface area (Å²) in [4.78, 5) is 12.6. The van der Waals surface area contributed by atoms with Crippen molar-refractivity contribution in [1.82, 2.24) is 10.2 Å². The molecule has 0 spiro atoms. The fraction of sp³-hybridized carbons (Fsp3) is 0.0714. The number of hydrogen-bond donors (Lipinski definition) is 3. The Morgan fingerprint density at radius 3 is 2.38 bits per heavy atom. The van der Waals surface area contributed by atoms with Crippen LogP contribution in [-0.4, -0.2) is 22.8 Å². The number of rotatable bonds is 8. The number of aromatic amines is 1. The Morgan fingerprint density at radius 1 is 0.865 bits per heavy atom. The van der Waals surface area contributed by atoms with Crippen LogP contribution in [0.4, 0.5) is 25.1 Å². The molecule has 9 heteroatoms. The summed E-state index contributed by atoms with van der Waals surface area (Å²) in [6.45, 7) is -2.90. The number of H-pyrrole nitrogens is 1. The number of anilines is 2. The van der Waals surface area contributed by atoms with Crippen molar-refractivity contribution < 1.29 is 23.0 Å². The summed E-state index contributed by atoms with van der Waals surface area (Å²) in [6, 6.07) is 28.6. The molecule has 0 atom stereocenters. The molecule has 4 aromatic carbocycles. The number of urea groups is 1. The normalized spacial score (nSPS) is 10.9. The van der Waals surface area contributed by atoms with Gasteiger partial charge in [0.15, 0.2) is 5.82 Å². The standard InChI is InChI=1S/C28H22F2N4O3/c29-27(30)37-25-9-5-4-8-20(25)17-36-22-14-15-24-23(16-22)26(34-33-24)32-28(35)31-21-12-10-19(11-13-21)18-6-2-1-3-7-18/h1-16,27H,17H2,(H3,31,32,33,34,35). The second-order valence-corrected chi connectivity index (χ2v) is 8.08. The third-order valence-corrected chi connectivity index (χ3v) is 5.60. The first kappa shape index (κ1) is 23.8. The number of ether oxygens (including phenoxy) is 2. The minimum atomic E-state index is -2.93. The van der Waals surface area contributed by atoms with Gasteiger partial charge in [-0.3, -0.25) is 10.4 Å². The highest BCUT2D eigenvalue weighted by Crippen LogP contribution is 2.28. The number of halogens is 2. The summed E-state index contributed by atoms with van der Waals surface area (Å²) >= 11 is 0. The molecule has 186 valence electrons. The smallest absolute Gasteiger partial charge is 0.387 e. The first-order valence-corrected chi connectivity index (χ1v) is 11.4. The van der Waals surface area contributed by atoms with Crippen molar-refractivity contribution in [2.45, 2.75) is 13.2 Å². The maximum Gasteiger partial charge on any atom is 0.387 e. The molecule has 1 aromatic heterocycles. The van der Waals surface area contributed by atoms with Gasteiger partial charge in [-0.15, -0.1) is 0 Å². The number of carbonyl (C=O) groups is 1. The van der Waals surface area contributed by atoms with Gasteiger partial charge in [0, 0.05) is 16.6 Å². The van der Waals surface area contributed by atoms with Gasteiger partial charge < -0.3 is 14.8 Å². The van der Waals surface area contributed by atoms with Gasteiger partial charge in [0.2, 0.25) is 0 Å². The molecule has 5 aromatic rings. The summed E-state index contributed by atoms with van der Waals surface area (Å²) in [7, 11) is 0. The monoisotopic (exact) mass is 500 g/mol. The minimum absolute atomic E-state index is 0.0223. The van der Waals surface area contributed by atoms with Crippen molar-refractivity contribution in [3.63, 3.8) is 0 Å². The van der Waals surface area contributed by atoms with E-state index in [0.29, 0.717) is 33.7 Å². The van der Waals surface area contributed by atoms with Crippen LogP contribution in [0.1, 0.15) is 5.56 Å². The van der Waals surface area contributed by atoms with Crippen molar-refractivity contribution in [2.24, 2.45) is 0 Å². The highest BCUT2D eigenvalue weighted by molar-refractivity contribution is 6.04. The van der Waals surface area contributed by atoms with Crippen LogP contribution >= 0.6 is 0 Å². The number of amides is 2. The van der Waals surface area contributed by atoms with Crippen LogP contribution in [0.25, 0.3) is 22.0 Å². The van der Waals surface area contributed by atoms with Gasteiger partial charge in [0.1, 0.15) is 18.1 Å². The molecule has 0 aliphatic carbocycles. The highest BCUT2D eigenvalue weighted by atomic mass is 19.3. The predicted octanol–water partition coefficient (Wildman–Crippen LogP) is 7.05. The molecule has 0 aliphatic heterocycles. The van der Waals surface area contributed by atoms with Crippen LogP contribution < -0.4 is 20.1 Å². The summed E-state index contributed by atoms with van der Waals surface area (Å²) in [5, 5.41) is 13.2. The van der Waals surface area contributed by atoms with E-state index in [1.807, 2.05) is 54.6 Å². The second-order valence-electron chi connectivity index (χ2n) is 8.08. The zero-order valence-corrected chi connectivity index (χ0v) is 19.4. The molecule has 0 bridgehead atoms. The number of alkyl halides is 2. The third kappa shape index (κ3) is 5.84. The lowest BCUT2D eigenvalue weighted by Gasteiger charge is -2.12. The Labute approximate surface area is 211 Å². The molecule has 0 fully saturated rings. The molecule has 0 aliphatic rings. The van der Waals surface area contributed by atoms with E-state index in [0.717, 1.165) is 11.1 Å². The van der Waals surface area contributed by atoms with E-state index < -0.39 is 12.6 Å².